The van der Waals surface area contributed by atoms with Crippen LogP contribution in [0.2, 0.25) is 0 Å². The molecule has 4 heteroatoms. The van der Waals surface area contributed by atoms with E-state index in [1.54, 1.807) is 6.08 Å². The molecule has 1 aromatic carbocycles. The van der Waals surface area contributed by atoms with Gasteiger partial charge in [0.1, 0.15) is 12.2 Å². The Balaban J connectivity index is 1.77. The van der Waals surface area contributed by atoms with Crippen molar-refractivity contribution in [3.05, 3.63) is 48.2 Å². The molecule has 0 spiro atoms. The van der Waals surface area contributed by atoms with Gasteiger partial charge in [-0.25, -0.2) is 0 Å². The molecule has 1 fully saturated rings. The molecule has 0 saturated carbocycles. The summed E-state index contributed by atoms with van der Waals surface area (Å²) in [5, 5.41) is 9.82. The van der Waals surface area contributed by atoms with Crippen molar-refractivity contribution in [1.29, 1.82) is 0 Å². The zero-order valence-electron chi connectivity index (χ0n) is 9.23. The normalized spacial score (nSPS) is 36.1. The highest BCUT2D eigenvalue weighted by Gasteiger charge is 2.39. The summed E-state index contributed by atoms with van der Waals surface area (Å²) >= 11 is 0. The summed E-state index contributed by atoms with van der Waals surface area (Å²) in [6, 6.07) is 9.69. The lowest BCUT2D eigenvalue weighted by molar-refractivity contribution is -0.276. The maximum absolute atomic E-state index is 9.82. The molecule has 1 N–H and O–H groups in total. The lowest BCUT2D eigenvalue weighted by Crippen LogP contribution is -2.49. The number of hydrogen-bond donors (Lipinski definition) is 1. The largest absolute Gasteiger partial charge is 0.493 e. The predicted molar refractivity (Wildman–Crippen MR) is 60.0 cm³/mol. The lowest BCUT2D eigenvalue weighted by atomic mass is 10.0. The van der Waals surface area contributed by atoms with Gasteiger partial charge in [0.15, 0.2) is 12.4 Å². The van der Waals surface area contributed by atoms with E-state index in [0.717, 1.165) is 5.56 Å². The van der Waals surface area contributed by atoms with Gasteiger partial charge in [0, 0.05) is 5.56 Å². The van der Waals surface area contributed by atoms with Crippen molar-refractivity contribution in [3.8, 4) is 0 Å². The monoisotopic (exact) mass is 234 g/mol. The Hall–Kier alpha value is -1.36. The lowest BCUT2D eigenvalue weighted by Gasteiger charge is -2.39. The van der Waals surface area contributed by atoms with Crippen molar-refractivity contribution in [2.75, 3.05) is 6.61 Å². The van der Waals surface area contributed by atoms with Crippen molar-refractivity contribution in [2.24, 2.45) is 0 Å². The molecule has 17 heavy (non-hydrogen) atoms. The molecular weight excluding hydrogens is 220 g/mol. The van der Waals surface area contributed by atoms with E-state index in [2.05, 4.69) is 0 Å². The summed E-state index contributed by atoms with van der Waals surface area (Å²) in [6.07, 6.45) is 1.44. The number of aliphatic hydroxyl groups is 1. The van der Waals surface area contributed by atoms with Crippen LogP contribution in [0.1, 0.15) is 11.9 Å². The zero-order valence-corrected chi connectivity index (χ0v) is 9.23. The van der Waals surface area contributed by atoms with Crippen LogP contribution in [0.5, 0.6) is 0 Å². The Morgan fingerprint density at radius 2 is 2.00 bits per heavy atom. The third-order valence-electron chi connectivity index (χ3n) is 3.00. The number of rotatable bonds is 1. The first kappa shape index (κ1) is 10.8. The van der Waals surface area contributed by atoms with Crippen LogP contribution in [0.4, 0.5) is 0 Å². The summed E-state index contributed by atoms with van der Waals surface area (Å²) in [4.78, 5) is 0. The second kappa shape index (κ2) is 4.49. The molecule has 4 nitrogen and oxygen atoms in total. The van der Waals surface area contributed by atoms with Crippen LogP contribution in [0.3, 0.4) is 0 Å². The molecule has 3 rings (SSSR count). The van der Waals surface area contributed by atoms with Crippen LogP contribution < -0.4 is 0 Å². The number of ether oxygens (including phenoxy) is 3. The van der Waals surface area contributed by atoms with E-state index in [4.69, 9.17) is 14.2 Å². The van der Waals surface area contributed by atoms with E-state index >= 15 is 0 Å². The van der Waals surface area contributed by atoms with Crippen LogP contribution in [0, 0.1) is 0 Å². The summed E-state index contributed by atoms with van der Waals surface area (Å²) in [5.74, 6) is 0. The van der Waals surface area contributed by atoms with Gasteiger partial charge >= 0.3 is 0 Å². The van der Waals surface area contributed by atoms with E-state index in [9.17, 15) is 5.11 Å². The van der Waals surface area contributed by atoms with E-state index in [0.29, 0.717) is 6.61 Å². The van der Waals surface area contributed by atoms with Crippen molar-refractivity contribution in [3.63, 3.8) is 0 Å². The Bertz CT molecular complexity index is 403. The Kier molecular flexibility index (Phi) is 2.84. The molecule has 1 saturated heterocycles. The quantitative estimate of drug-likeness (QED) is 0.797. The molecule has 0 aliphatic carbocycles. The second-order valence-electron chi connectivity index (χ2n) is 4.17. The summed E-state index contributed by atoms with van der Waals surface area (Å²) in [5.41, 5.74) is 0.952. The van der Waals surface area contributed by atoms with Gasteiger partial charge in [0.25, 0.3) is 0 Å². The van der Waals surface area contributed by atoms with Crippen LogP contribution in [0.25, 0.3) is 0 Å². The number of fused-ring (bicyclic) bond motifs is 1. The first-order chi connectivity index (χ1) is 8.34. The van der Waals surface area contributed by atoms with Crippen LogP contribution in [0.15, 0.2) is 42.7 Å². The molecule has 2 aliphatic heterocycles. The van der Waals surface area contributed by atoms with Crippen molar-refractivity contribution < 1.29 is 19.3 Å². The maximum atomic E-state index is 9.82. The second-order valence-corrected chi connectivity index (χ2v) is 4.17. The minimum absolute atomic E-state index is 0.227. The van der Waals surface area contributed by atoms with E-state index in [-0.39, 0.29) is 12.2 Å². The van der Waals surface area contributed by atoms with Gasteiger partial charge in [-0.15, -0.1) is 0 Å². The fourth-order valence-electron chi connectivity index (χ4n) is 2.09. The minimum Gasteiger partial charge on any atom is -0.493 e. The van der Waals surface area contributed by atoms with Gasteiger partial charge in [-0.05, 0) is 6.08 Å². The van der Waals surface area contributed by atoms with Crippen molar-refractivity contribution >= 4 is 0 Å². The molecule has 2 heterocycles. The van der Waals surface area contributed by atoms with E-state index < -0.39 is 12.4 Å². The number of hydrogen-bond acceptors (Lipinski definition) is 4. The topological polar surface area (TPSA) is 47.9 Å². The molecule has 0 radical (unpaired) electrons. The molecule has 4 atom stereocenters. The first-order valence-corrected chi connectivity index (χ1v) is 5.67. The third-order valence-corrected chi connectivity index (χ3v) is 3.00. The average Bonchev–Trinajstić information content (AvgIpc) is 2.40. The van der Waals surface area contributed by atoms with Crippen LogP contribution >= 0.6 is 0 Å². The molecule has 0 bridgehead atoms. The maximum Gasteiger partial charge on any atom is 0.184 e. The van der Waals surface area contributed by atoms with Crippen LogP contribution in [-0.4, -0.2) is 30.0 Å². The standard InChI is InChI=1S/C13H14O4/c14-10-6-7-15-11-8-16-13(17-12(10)11)9-4-2-1-3-5-9/h1-7,10-14H,8H2/t10-,11-,12+,13+/m1/s1. The highest BCUT2D eigenvalue weighted by molar-refractivity contribution is 5.16. The van der Waals surface area contributed by atoms with Crippen LogP contribution in [-0.2, 0) is 14.2 Å². The smallest absolute Gasteiger partial charge is 0.184 e. The summed E-state index contributed by atoms with van der Waals surface area (Å²) in [6.45, 7) is 0.422. The Labute approximate surface area is 99.4 Å². The van der Waals surface area contributed by atoms with Gasteiger partial charge in [-0.1, -0.05) is 30.3 Å². The Morgan fingerprint density at radius 1 is 1.18 bits per heavy atom. The van der Waals surface area contributed by atoms with Crippen molar-refractivity contribution in [1.82, 2.24) is 0 Å². The highest BCUT2D eigenvalue weighted by atomic mass is 16.7. The molecule has 0 amide bonds. The Morgan fingerprint density at radius 3 is 2.82 bits per heavy atom. The van der Waals surface area contributed by atoms with E-state index in [1.807, 2.05) is 30.3 Å². The summed E-state index contributed by atoms with van der Waals surface area (Å²) < 4.78 is 16.7. The van der Waals surface area contributed by atoms with Gasteiger partial charge in [-0.2, -0.15) is 0 Å². The number of benzene rings is 1. The average molecular weight is 234 g/mol. The van der Waals surface area contributed by atoms with Gasteiger partial charge in [0.2, 0.25) is 0 Å². The molecule has 0 aromatic heterocycles. The number of aliphatic hydroxyl groups excluding tert-OH is 1. The molecule has 90 valence electrons. The predicted octanol–water partition coefficient (Wildman–Crippen LogP) is 1.37. The van der Waals surface area contributed by atoms with Gasteiger partial charge in [0.05, 0.1) is 12.9 Å². The molecule has 2 aliphatic rings. The SMILES string of the molecule is O[C@@H]1C=CO[C@@H]2CO[C@H](c3ccccc3)O[C@@H]12. The fourth-order valence-corrected chi connectivity index (χ4v) is 2.09. The third kappa shape index (κ3) is 2.07. The van der Waals surface area contributed by atoms with E-state index in [1.165, 1.54) is 6.26 Å². The highest BCUT2D eigenvalue weighted by Crippen LogP contribution is 2.30. The van der Waals surface area contributed by atoms with Gasteiger partial charge in [-0.3, -0.25) is 0 Å². The van der Waals surface area contributed by atoms with Crippen molar-refractivity contribution in [2.45, 2.75) is 24.6 Å². The molecule has 1 aromatic rings. The molecule has 0 unspecified atom stereocenters. The first-order valence-electron chi connectivity index (χ1n) is 5.67. The minimum atomic E-state index is -0.635. The van der Waals surface area contributed by atoms with Gasteiger partial charge < -0.3 is 19.3 Å². The molecular formula is C13H14O4. The zero-order chi connectivity index (χ0) is 11.7. The fraction of sp³-hybridized carbons (Fsp3) is 0.385. The summed E-state index contributed by atoms with van der Waals surface area (Å²) in [7, 11) is 0.